The summed E-state index contributed by atoms with van der Waals surface area (Å²) in [5.41, 5.74) is 0.968. The number of nitrogens with zero attached hydrogens (tertiary/aromatic N) is 2. The molecule has 1 amide bonds. The first kappa shape index (κ1) is 15.4. The lowest BCUT2D eigenvalue weighted by Gasteiger charge is -2.26. The van der Waals surface area contributed by atoms with Crippen molar-refractivity contribution >= 4 is 17.6 Å². The van der Waals surface area contributed by atoms with E-state index in [0.29, 0.717) is 19.5 Å². The third-order valence-corrected chi connectivity index (χ3v) is 3.72. The molecule has 0 atom stereocenters. The molecule has 1 aromatic rings. The van der Waals surface area contributed by atoms with Crippen molar-refractivity contribution in [3.63, 3.8) is 0 Å². The van der Waals surface area contributed by atoms with E-state index in [9.17, 15) is 9.59 Å². The maximum atomic E-state index is 12.3. The molecule has 1 fully saturated rings. The van der Waals surface area contributed by atoms with Gasteiger partial charge in [-0.1, -0.05) is 18.2 Å². The fourth-order valence-corrected chi connectivity index (χ4v) is 2.59. The summed E-state index contributed by atoms with van der Waals surface area (Å²) in [7, 11) is 0. The van der Waals surface area contributed by atoms with Gasteiger partial charge in [-0.15, -0.1) is 0 Å². The van der Waals surface area contributed by atoms with Crippen molar-refractivity contribution in [2.45, 2.75) is 25.7 Å². The summed E-state index contributed by atoms with van der Waals surface area (Å²) in [6, 6.07) is 9.71. The molecule has 1 aliphatic heterocycles. The molecule has 0 aromatic heterocycles. The average molecular weight is 290 g/mol. The highest BCUT2D eigenvalue weighted by Gasteiger charge is 2.20. The topological polar surface area (TPSA) is 60.9 Å². The minimum absolute atomic E-state index is 0.126. The molecule has 0 bridgehead atoms. The fourth-order valence-electron chi connectivity index (χ4n) is 2.59. The molecule has 1 N–H and O–H groups in total. The molecule has 0 spiro atoms. The number of carbonyl (C=O) groups is 2. The van der Waals surface area contributed by atoms with E-state index in [1.54, 1.807) is 0 Å². The standard InChI is InChI=1S/C16H22N2O3/c19-15(17-10-4-5-11-17)13-18(12-6-9-16(20)21)14-7-2-1-3-8-14/h1-3,7-8H,4-6,9-13H2,(H,20,21). The number of benzene rings is 1. The largest absolute Gasteiger partial charge is 0.481 e. The molecule has 0 saturated carbocycles. The van der Waals surface area contributed by atoms with Crippen molar-refractivity contribution in [3.05, 3.63) is 30.3 Å². The van der Waals surface area contributed by atoms with E-state index in [0.717, 1.165) is 31.6 Å². The summed E-state index contributed by atoms with van der Waals surface area (Å²) in [6.07, 6.45) is 2.82. The van der Waals surface area contributed by atoms with Gasteiger partial charge in [-0.2, -0.15) is 0 Å². The Morgan fingerprint density at radius 3 is 2.43 bits per heavy atom. The van der Waals surface area contributed by atoms with Gasteiger partial charge in [0.05, 0.1) is 6.54 Å². The molecular weight excluding hydrogens is 268 g/mol. The normalized spacial score (nSPS) is 14.2. The number of aliphatic carboxylic acids is 1. The Balaban J connectivity index is 1.97. The highest BCUT2D eigenvalue weighted by atomic mass is 16.4. The first-order chi connectivity index (χ1) is 10.2. The average Bonchev–Trinajstić information content (AvgIpc) is 3.01. The van der Waals surface area contributed by atoms with Crippen molar-refractivity contribution in [3.8, 4) is 0 Å². The Labute approximate surface area is 125 Å². The van der Waals surface area contributed by atoms with Crippen LogP contribution in [0.4, 0.5) is 5.69 Å². The van der Waals surface area contributed by atoms with Crippen LogP contribution in [0.2, 0.25) is 0 Å². The van der Waals surface area contributed by atoms with Crippen LogP contribution in [0.5, 0.6) is 0 Å². The number of likely N-dealkylation sites (tertiary alicyclic amines) is 1. The van der Waals surface area contributed by atoms with Crippen LogP contribution >= 0.6 is 0 Å². The molecule has 0 radical (unpaired) electrons. The summed E-state index contributed by atoms with van der Waals surface area (Å²) in [4.78, 5) is 26.8. The molecule has 114 valence electrons. The molecule has 5 heteroatoms. The number of carbonyl (C=O) groups excluding carboxylic acids is 1. The minimum atomic E-state index is -0.797. The Morgan fingerprint density at radius 2 is 1.81 bits per heavy atom. The van der Waals surface area contributed by atoms with Gasteiger partial charge in [0.25, 0.3) is 0 Å². The number of amides is 1. The summed E-state index contributed by atoms with van der Waals surface area (Å²) in [5, 5.41) is 8.76. The van der Waals surface area contributed by atoms with E-state index in [2.05, 4.69) is 0 Å². The number of carboxylic acids is 1. The molecular formula is C16H22N2O3. The third kappa shape index (κ3) is 4.77. The van der Waals surface area contributed by atoms with Crippen LogP contribution < -0.4 is 4.90 Å². The Bertz CT molecular complexity index is 470. The van der Waals surface area contributed by atoms with Gasteiger partial charge in [0, 0.05) is 31.7 Å². The van der Waals surface area contributed by atoms with E-state index in [1.807, 2.05) is 40.1 Å². The van der Waals surface area contributed by atoms with Crippen molar-refractivity contribution in [2.75, 3.05) is 31.1 Å². The minimum Gasteiger partial charge on any atom is -0.481 e. The number of hydrogen-bond acceptors (Lipinski definition) is 3. The lowest BCUT2D eigenvalue weighted by molar-refractivity contribution is -0.137. The number of para-hydroxylation sites is 1. The van der Waals surface area contributed by atoms with Gasteiger partial charge in [0.1, 0.15) is 0 Å². The molecule has 1 aliphatic rings. The zero-order valence-corrected chi connectivity index (χ0v) is 12.2. The van der Waals surface area contributed by atoms with Crippen LogP contribution in [-0.4, -0.2) is 48.1 Å². The zero-order valence-electron chi connectivity index (χ0n) is 12.2. The summed E-state index contributed by atoms with van der Waals surface area (Å²) < 4.78 is 0. The van der Waals surface area contributed by atoms with Gasteiger partial charge in [0.15, 0.2) is 0 Å². The fraction of sp³-hybridized carbons (Fsp3) is 0.500. The van der Waals surface area contributed by atoms with E-state index in [4.69, 9.17) is 5.11 Å². The molecule has 1 heterocycles. The Kier molecular flexibility index (Phi) is 5.60. The molecule has 0 unspecified atom stereocenters. The highest BCUT2D eigenvalue weighted by Crippen LogP contribution is 2.16. The van der Waals surface area contributed by atoms with Gasteiger partial charge in [-0.05, 0) is 31.4 Å². The molecule has 1 aromatic carbocycles. The van der Waals surface area contributed by atoms with Crippen LogP contribution in [0.1, 0.15) is 25.7 Å². The predicted octanol–water partition coefficient (Wildman–Crippen LogP) is 1.98. The van der Waals surface area contributed by atoms with E-state index in [-0.39, 0.29) is 12.3 Å². The number of anilines is 1. The Morgan fingerprint density at radius 1 is 1.14 bits per heavy atom. The van der Waals surface area contributed by atoms with Crippen LogP contribution in [0.3, 0.4) is 0 Å². The van der Waals surface area contributed by atoms with Crippen molar-refractivity contribution < 1.29 is 14.7 Å². The van der Waals surface area contributed by atoms with Gasteiger partial charge in [-0.3, -0.25) is 9.59 Å². The quantitative estimate of drug-likeness (QED) is 0.834. The number of carboxylic acid groups (broad SMARTS) is 1. The number of rotatable bonds is 7. The smallest absolute Gasteiger partial charge is 0.303 e. The van der Waals surface area contributed by atoms with Crippen LogP contribution in [0, 0.1) is 0 Å². The lowest BCUT2D eigenvalue weighted by Crippen LogP contribution is -2.39. The van der Waals surface area contributed by atoms with Crippen molar-refractivity contribution in [1.29, 1.82) is 0 Å². The van der Waals surface area contributed by atoms with Crippen LogP contribution in [-0.2, 0) is 9.59 Å². The van der Waals surface area contributed by atoms with Crippen LogP contribution in [0.25, 0.3) is 0 Å². The monoisotopic (exact) mass is 290 g/mol. The molecule has 1 saturated heterocycles. The zero-order chi connectivity index (χ0) is 15.1. The second-order valence-electron chi connectivity index (χ2n) is 5.34. The first-order valence-electron chi connectivity index (χ1n) is 7.46. The second-order valence-corrected chi connectivity index (χ2v) is 5.34. The molecule has 5 nitrogen and oxygen atoms in total. The van der Waals surface area contributed by atoms with E-state index < -0.39 is 5.97 Å². The maximum Gasteiger partial charge on any atom is 0.303 e. The van der Waals surface area contributed by atoms with Crippen LogP contribution in [0.15, 0.2) is 30.3 Å². The van der Waals surface area contributed by atoms with E-state index in [1.165, 1.54) is 0 Å². The molecule has 0 aliphatic carbocycles. The molecule has 21 heavy (non-hydrogen) atoms. The third-order valence-electron chi connectivity index (χ3n) is 3.72. The van der Waals surface area contributed by atoms with Crippen molar-refractivity contribution in [2.24, 2.45) is 0 Å². The summed E-state index contributed by atoms with van der Waals surface area (Å²) in [6.45, 7) is 2.59. The molecule has 2 rings (SSSR count). The van der Waals surface area contributed by atoms with Crippen molar-refractivity contribution in [1.82, 2.24) is 4.90 Å². The lowest BCUT2D eigenvalue weighted by atomic mass is 10.2. The Hall–Kier alpha value is -2.04. The first-order valence-corrected chi connectivity index (χ1v) is 7.46. The summed E-state index contributed by atoms with van der Waals surface area (Å²) >= 11 is 0. The SMILES string of the molecule is O=C(O)CCCN(CC(=O)N1CCCC1)c1ccccc1. The van der Waals surface area contributed by atoms with Gasteiger partial charge < -0.3 is 14.9 Å². The second kappa shape index (κ2) is 7.67. The number of hydrogen-bond donors (Lipinski definition) is 1. The predicted molar refractivity (Wildman–Crippen MR) is 81.3 cm³/mol. The van der Waals surface area contributed by atoms with Gasteiger partial charge in [-0.25, -0.2) is 0 Å². The van der Waals surface area contributed by atoms with Gasteiger partial charge >= 0.3 is 5.97 Å². The summed E-state index contributed by atoms with van der Waals surface area (Å²) in [5.74, 6) is -0.666. The maximum absolute atomic E-state index is 12.3. The highest BCUT2D eigenvalue weighted by molar-refractivity contribution is 5.81. The van der Waals surface area contributed by atoms with E-state index >= 15 is 0 Å². The van der Waals surface area contributed by atoms with Gasteiger partial charge in [0.2, 0.25) is 5.91 Å².